The Kier molecular flexibility index (Phi) is 14.7. The number of fused-ring (bicyclic) bond motifs is 6. The van der Waals surface area contributed by atoms with E-state index in [1.165, 1.54) is 16.0 Å². The number of carbonyl (C=O) groups excluding carboxylic acids is 5. The summed E-state index contributed by atoms with van der Waals surface area (Å²) in [6.45, 7) is 15.7. The first-order valence-electron chi connectivity index (χ1n) is 23.2. The third-order valence-corrected chi connectivity index (χ3v) is 13.2. The third-order valence-electron chi connectivity index (χ3n) is 13.2. The monoisotopic (exact) mass is 903 g/mol. The van der Waals surface area contributed by atoms with Crippen molar-refractivity contribution in [3.8, 4) is 28.1 Å². The average molecular weight is 904 g/mol. The molecule has 0 saturated carbocycles. The summed E-state index contributed by atoms with van der Waals surface area (Å²) in [7, 11) is 3.28. The lowest BCUT2D eigenvalue weighted by Gasteiger charge is -2.37. The van der Waals surface area contributed by atoms with Gasteiger partial charge in [0.05, 0.1) is 24.8 Å². The number of hydrogen-bond donors (Lipinski definition) is 3. The molecule has 66 heavy (non-hydrogen) atoms. The first-order valence-corrected chi connectivity index (χ1v) is 23.2. The number of rotatable bonds is 11. The van der Waals surface area contributed by atoms with Crippen molar-refractivity contribution < 1.29 is 38.6 Å². The van der Waals surface area contributed by atoms with Crippen LogP contribution in [0.4, 0.5) is 0 Å². The van der Waals surface area contributed by atoms with Crippen LogP contribution in [-0.2, 0) is 59.3 Å². The van der Waals surface area contributed by atoms with Crippen molar-refractivity contribution in [2.75, 3.05) is 47.0 Å². The van der Waals surface area contributed by atoms with Gasteiger partial charge in [-0.1, -0.05) is 64.6 Å². The second-order valence-corrected chi connectivity index (χ2v) is 19.1. The highest BCUT2D eigenvalue weighted by Gasteiger charge is 2.40. The number of methoxy groups -OCH3 is 1. The molecule has 6 bridgehead atoms. The molecule has 2 fully saturated rings. The van der Waals surface area contributed by atoms with Crippen LogP contribution < -0.4 is 10.7 Å². The number of aryl methyl sites for hydroxylation is 1. The number of nitrogens with one attached hydrogen (secondary N) is 2. The van der Waals surface area contributed by atoms with Gasteiger partial charge in [0.15, 0.2) is 0 Å². The predicted octanol–water partition coefficient (Wildman–Crippen LogP) is 5.45. The van der Waals surface area contributed by atoms with Crippen LogP contribution in [0.1, 0.15) is 70.6 Å². The second-order valence-electron chi connectivity index (χ2n) is 19.1. The molecule has 4 atom stereocenters. The summed E-state index contributed by atoms with van der Waals surface area (Å²) in [5, 5.41) is 16.6. The van der Waals surface area contributed by atoms with Crippen molar-refractivity contribution in [3.05, 3.63) is 84.1 Å². The number of cyclic esters (lactones) is 1. The lowest BCUT2D eigenvalue weighted by Crippen LogP contribution is -2.62. The summed E-state index contributed by atoms with van der Waals surface area (Å²) in [5.74, 6) is -2.89. The Labute approximate surface area is 387 Å². The van der Waals surface area contributed by atoms with Gasteiger partial charge in [-0.3, -0.25) is 29.0 Å². The van der Waals surface area contributed by atoms with Crippen molar-refractivity contribution in [1.82, 2.24) is 35.1 Å². The quantitative estimate of drug-likeness (QED) is 0.130. The minimum atomic E-state index is -1.17. The highest BCUT2D eigenvalue weighted by atomic mass is 16.5. The molecule has 5 heterocycles. The predicted molar refractivity (Wildman–Crippen MR) is 252 cm³/mol. The van der Waals surface area contributed by atoms with Crippen LogP contribution in [0.5, 0.6) is 5.75 Å². The fraction of sp³-hybridized carbons (Fsp3) is 0.490. The summed E-state index contributed by atoms with van der Waals surface area (Å²) in [6.07, 6.45) is 5.66. The van der Waals surface area contributed by atoms with Crippen LogP contribution in [0.25, 0.3) is 33.4 Å². The van der Waals surface area contributed by atoms with Gasteiger partial charge in [-0.25, -0.2) is 10.4 Å². The van der Waals surface area contributed by atoms with E-state index >= 15 is 0 Å². The van der Waals surface area contributed by atoms with E-state index in [0.29, 0.717) is 62.9 Å². The van der Waals surface area contributed by atoms with Gasteiger partial charge in [-0.15, -0.1) is 0 Å². The molecule has 3 N–H and O–H groups in total. The number of phenols is 1. The van der Waals surface area contributed by atoms with Gasteiger partial charge in [0, 0.05) is 74.9 Å². The number of ether oxygens (including phenoxy) is 2. The van der Waals surface area contributed by atoms with Crippen LogP contribution in [0, 0.1) is 17.3 Å². The van der Waals surface area contributed by atoms with Gasteiger partial charge in [-0.2, -0.15) is 0 Å². The van der Waals surface area contributed by atoms with Crippen molar-refractivity contribution in [1.29, 1.82) is 0 Å². The Balaban J connectivity index is 1.30. The van der Waals surface area contributed by atoms with Gasteiger partial charge >= 0.3 is 5.97 Å². The zero-order valence-electron chi connectivity index (χ0n) is 39.4. The van der Waals surface area contributed by atoms with Gasteiger partial charge in [0.1, 0.15) is 29.5 Å². The molecule has 0 radical (unpaired) electrons. The Morgan fingerprint density at radius 2 is 1.88 bits per heavy atom. The maximum atomic E-state index is 14.7. The first kappa shape index (κ1) is 47.9. The third kappa shape index (κ3) is 10.2. The van der Waals surface area contributed by atoms with Crippen molar-refractivity contribution in [3.63, 3.8) is 0 Å². The number of carbonyl (C=O) groups is 5. The summed E-state index contributed by atoms with van der Waals surface area (Å²) >= 11 is 0. The molecule has 2 aromatic carbocycles. The molecule has 2 saturated heterocycles. The molecule has 15 nitrogen and oxygen atoms in total. The molecular weight excluding hydrogens is 839 g/mol. The fourth-order valence-electron chi connectivity index (χ4n) is 9.92. The number of aromatic hydroxyl groups is 1. The molecule has 15 heteroatoms. The highest BCUT2D eigenvalue weighted by molar-refractivity contribution is 5.95. The number of benzene rings is 2. The number of phenolic OH excluding ortho intramolecular Hbond substituents is 1. The summed E-state index contributed by atoms with van der Waals surface area (Å²) in [4.78, 5) is 77.4. The Bertz CT molecular complexity index is 2500. The molecule has 352 valence electrons. The number of likely N-dealkylation sites (tertiary alicyclic amines) is 1. The normalized spacial score (nSPS) is 20.5. The van der Waals surface area contributed by atoms with E-state index in [1.54, 1.807) is 37.4 Å². The van der Waals surface area contributed by atoms with Crippen LogP contribution in [0.15, 0.2) is 67.4 Å². The number of hydrogen-bond acceptors (Lipinski definition) is 10. The molecule has 7 rings (SSSR count). The Morgan fingerprint density at radius 1 is 1.11 bits per heavy atom. The largest absolute Gasteiger partial charge is 0.508 e. The average Bonchev–Trinajstić information content (AvgIpc) is 3.91. The van der Waals surface area contributed by atoms with E-state index in [0.717, 1.165) is 39.0 Å². The smallest absolute Gasteiger partial charge is 0.324 e. The zero-order chi connectivity index (χ0) is 47.4. The zero-order valence-corrected chi connectivity index (χ0v) is 39.4. The molecule has 0 unspecified atom stereocenters. The Hall–Kier alpha value is -6.06. The fourth-order valence-corrected chi connectivity index (χ4v) is 9.92. The lowest BCUT2D eigenvalue weighted by molar-refractivity contribution is -0.155. The number of nitrogens with zero attached hydrogens (tertiary/aromatic N) is 5. The van der Waals surface area contributed by atoms with Crippen LogP contribution in [-0.4, -0.2) is 124 Å². The minimum Gasteiger partial charge on any atom is -0.508 e. The molecular formula is C51H65N7O8. The summed E-state index contributed by atoms with van der Waals surface area (Å²) in [6, 6.07) is 12.6. The van der Waals surface area contributed by atoms with Gasteiger partial charge < -0.3 is 34.3 Å². The summed E-state index contributed by atoms with van der Waals surface area (Å²) in [5.41, 5.74) is 9.67. The molecule has 2 aromatic heterocycles. The van der Waals surface area contributed by atoms with Crippen molar-refractivity contribution >= 4 is 40.6 Å². The van der Waals surface area contributed by atoms with Gasteiger partial charge in [0.25, 0.3) is 5.91 Å². The van der Waals surface area contributed by atoms with E-state index < -0.39 is 47.2 Å². The maximum Gasteiger partial charge on any atom is 0.324 e. The highest BCUT2D eigenvalue weighted by Crippen LogP contribution is 2.41. The van der Waals surface area contributed by atoms with Gasteiger partial charge in [0.2, 0.25) is 17.7 Å². The molecule has 3 aliphatic rings. The minimum absolute atomic E-state index is 0.0211. The standard InChI is InChI=1S/C51H65N7O8/c1-9-43(60)56-20-17-34(29-56)48(62)55(7)44(31(3)4)47(61)53-42-24-32-22-35(25-37(59)23-32)36-26-39-40(27-51(5,6)30-66-50(64)41-16-13-19-58(54-41)49(42)63)45(57(10-2)46(39)52-28-36)38-15-12-11-14-33(38)18-21-65-8/h9,11-12,14-15,22-23,25-26,28,31,34,41-42,44,54,59H,1,10,13,16-21,24,27,29-30H2,2-8H3,(H,53,61)/t34-,41-,42-,44-/m0/s1. The molecule has 4 amide bonds. The molecule has 0 aliphatic carbocycles. The van der Waals surface area contributed by atoms with E-state index in [2.05, 4.69) is 60.9 Å². The van der Waals surface area contributed by atoms with E-state index in [1.807, 2.05) is 32.0 Å². The van der Waals surface area contributed by atoms with Crippen LogP contribution in [0.3, 0.4) is 0 Å². The van der Waals surface area contributed by atoms with Crippen molar-refractivity contribution in [2.45, 2.75) is 97.8 Å². The van der Waals surface area contributed by atoms with E-state index in [-0.39, 0.29) is 49.6 Å². The number of esters is 1. The molecule has 4 aromatic rings. The van der Waals surface area contributed by atoms with E-state index in [9.17, 15) is 29.1 Å². The number of pyridine rings is 1. The first-order chi connectivity index (χ1) is 31.5. The molecule has 0 spiro atoms. The SMILES string of the molecule is C=CC(=O)N1CC[C@H](C(=O)N(C)[C@H](C(=O)N[C@H]2Cc3cc(O)cc(c3)-c3cnc4c(c3)c(c(-c3ccccc3CCOC)n4CC)CC(C)(C)COC(=O)[C@@H]3CCCN(N3)C2=O)C(C)C)C1. The molecule has 3 aliphatic heterocycles. The number of hydrazine groups is 1. The second kappa shape index (κ2) is 20.2. The van der Waals surface area contributed by atoms with E-state index in [4.69, 9.17) is 14.5 Å². The number of likely N-dealkylation sites (N-methyl/N-ethyl adjacent to an activating group) is 1. The topological polar surface area (TPSA) is 176 Å². The Morgan fingerprint density at radius 3 is 2.61 bits per heavy atom. The van der Waals surface area contributed by atoms with Crippen LogP contribution >= 0.6 is 0 Å². The van der Waals surface area contributed by atoms with Crippen LogP contribution in [0.2, 0.25) is 0 Å². The maximum absolute atomic E-state index is 14.7. The lowest BCUT2D eigenvalue weighted by atomic mass is 9.84. The van der Waals surface area contributed by atoms with Gasteiger partial charge in [-0.05, 0) is 91.5 Å². The number of aromatic nitrogens is 2. The summed E-state index contributed by atoms with van der Waals surface area (Å²) < 4.78 is 13.8. The number of amides is 4. The van der Waals surface area contributed by atoms with Crippen molar-refractivity contribution in [2.24, 2.45) is 17.3 Å².